The highest BCUT2D eigenvalue weighted by Gasteiger charge is 2.45. The first-order valence-corrected chi connectivity index (χ1v) is 22.6. The van der Waals surface area contributed by atoms with Crippen molar-refractivity contribution < 1.29 is 27.8 Å². The number of anilines is 2. The quantitative estimate of drug-likeness (QED) is 0.143. The molecule has 0 bridgehead atoms. The van der Waals surface area contributed by atoms with Gasteiger partial charge in [-0.1, -0.05) is 0 Å². The van der Waals surface area contributed by atoms with Gasteiger partial charge in [-0.3, -0.25) is 29.1 Å². The van der Waals surface area contributed by atoms with Gasteiger partial charge in [-0.05, 0) is 112 Å². The molecule has 15 nitrogen and oxygen atoms in total. The Bertz CT molecular complexity index is 2720. The lowest BCUT2D eigenvalue weighted by molar-refractivity contribution is -0.120. The minimum absolute atomic E-state index is 0.0373. The Kier molecular flexibility index (Phi) is 11.1. The van der Waals surface area contributed by atoms with Crippen LogP contribution in [0.3, 0.4) is 0 Å². The SMILES string of the molecule is Cn1nc(N2CCC(=O)NC2=O)c2cc(F)c(C3CCC(N4CCC5(CC4)CC(n4cnc6ccc(Oc7c(F)ccc(NSN8CCCC8)c7C#N)cc6c4=O)CO5)CC3)cc21. The Morgan fingerprint density at radius 3 is 2.51 bits per heavy atom. The van der Waals surface area contributed by atoms with Crippen molar-refractivity contribution in [1.82, 2.24) is 33.9 Å². The van der Waals surface area contributed by atoms with E-state index in [0.717, 1.165) is 83.1 Å². The van der Waals surface area contributed by atoms with Crippen LogP contribution < -0.4 is 25.2 Å². The number of benzene rings is 3. The fourth-order valence-corrected chi connectivity index (χ4v) is 11.1. The maximum Gasteiger partial charge on any atom is 0.329 e. The number of halogens is 2. The Morgan fingerprint density at radius 2 is 1.75 bits per heavy atom. The molecule has 0 radical (unpaired) electrons. The van der Waals surface area contributed by atoms with E-state index in [2.05, 4.69) is 35.4 Å². The van der Waals surface area contributed by atoms with E-state index in [1.54, 1.807) is 40.8 Å². The first kappa shape index (κ1) is 41.4. The summed E-state index contributed by atoms with van der Waals surface area (Å²) in [6.45, 7) is 4.18. The number of urea groups is 1. The van der Waals surface area contributed by atoms with Gasteiger partial charge in [-0.25, -0.2) is 22.9 Å². The molecule has 5 aromatic rings. The molecule has 18 heteroatoms. The summed E-state index contributed by atoms with van der Waals surface area (Å²) < 4.78 is 52.2. The van der Waals surface area contributed by atoms with Gasteiger partial charge in [-0.15, -0.1) is 0 Å². The van der Waals surface area contributed by atoms with Crippen molar-refractivity contribution in [3.05, 3.63) is 81.9 Å². The van der Waals surface area contributed by atoms with Gasteiger partial charge in [-0.2, -0.15) is 10.4 Å². The van der Waals surface area contributed by atoms with E-state index in [4.69, 9.17) is 9.47 Å². The van der Waals surface area contributed by atoms with Crippen LogP contribution in [0.25, 0.3) is 21.8 Å². The van der Waals surface area contributed by atoms with E-state index in [1.807, 2.05) is 6.07 Å². The number of hydrogen-bond acceptors (Lipinski definition) is 12. The predicted octanol–water partition coefficient (Wildman–Crippen LogP) is 7.26. The highest BCUT2D eigenvalue weighted by Crippen LogP contribution is 2.44. The fraction of sp³-hybridized carbons (Fsp3) is 0.467. The number of hydrogen-bond donors (Lipinski definition) is 2. The lowest BCUT2D eigenvalue weighted by atomic mass is 9.79. The van der Waals surface area contributed by atoms with Crippen LogP contribution >= 0.6 is 12.1 Å². The van der Waals surface area contributed by atoms with Crippen LogP contribution in [0.15, 0.2) is 53.6 Å². The van der Waals surface area contributed by atoms with Gasteiger partial charge in [0, 0.05) is 69.8 Å². The van der Waals surface area contributed by atoms with E-state index in [0.29, 0.717) is 52.4 Å². The fourth-order valence-electron chi connectivity index (χ4n) is 10.3. The number of aromatic nitrogens is 4. The van der Waals surface area contributed by atoms with E-state index >= 15 is 8.78 Å². The van der Waals surface area contributed by atoms with Crippen molar-refractivity contribution in [2.75, 3.05) is 49.0 Å². The summed E-state index contributed by atoms with van der Waals surface area (Å²) in [5.41, 5.74) is 1.79. The second kappa shape index (κ2) is 16.8. The monoisotopic (exact) mass is 878 g/mol. The average molecular weight is 879 g/mol. The first-order valence-electron chi connectivity index (χ1n) is 21.8. The summed E-state index contributed by atoms with van der Waals surface area (Å²) in [5.74, 6) is -0.895. The molecule has 5 fully saturated rings. The molecule has 1 atom stereocenters. The lowest BCUT2D eigenvalue weighted by Gasteiger charge is -2.44. The number of nitrogens with zero attached hydrogens (tertiary/aromatic N) is 8. The Balaban J connectivity index is 0.767. The predicted molar refractivity (Wildman–Crippen MR) is 234 cm³/mol. The second-order valence-corrected chi connectivity index (χ2v) is 18.4. The number of aryl methyl sites for hydroxylation is 1. The minimum atomic E-state index is -0.684. The molecule has 328 valence electrons. The molecule has 2 N–H and O–H groups in total. The third-order valence-corrected chi connectivity index (χ3v) is 14.7. The van der Waals surface area contributed by atoms with E-state index in [1.165, 1.54) is 35.2 Å². The van der Waals surface area contributed by atoms with Gasteiger partial charge >= 0.3 is 6.03 Å². The third kappa shape index (κ3) is 7.89. The molecule has 4 saturated heterocycles. The number of carbonyl (C=O) groups is 2. The molecule has 4 aliphatic heterocycles. The van der Waals surface area contributed by atoms with Crippen molar-refractivity contribution in [1.29, 1.82) is 5.26 Å². The summed E-state index contributed by atoms with van der Waals surface area (Å²) in [4.78, 5) is 46.8. The molecule has 63 heavy (non-hydrogen) atoms. The highest BCUT2D eigenvalue weighted by atomic mass is 32.2. The van der Waals surface area contributed by atoms with Crippen LogP contribution in [-0.2, 0) is 16.6 Å². The molecule has 5 aliphatic rings. The minimum Gasteiger partial charge on any atom is -0.453 e. The number of ether oxygens (including phenoxy) is 2. The standard InChI is InChI=1S/C45H48F2N10O5S/c1-53-39-22-31(36(47)21-33(39)42(51-53)56-17-12-40(58)50-44(56)60)27-4-6-28(7-5-27)54-18-13-45(14-19-54)23-29(25-61-45)57-26-49-37-10-8-30(20-32(37)43(57)59)62-41-34(24-48)38(11-9-35(41)46)52-63-55-15-2-3-16-55/h8-11,20-22,26-29,52H,2-7,12-19,23,25H2,1H3,(H,50,58,60). The van der Waals surface area contributed by atoms with Crippen molar-refractivity contribution in [2.24, 2.45) is 7.05 Å². The molecule has 3 amide bonds. The average Bonchev–Trinajstić information content (AvgIpc) is 4.04. The Hall–Kier alpha value is -5.61. The van der Waals surface area contributed by atoms with Gasteiger partial charge in [0.15, 0.2) is 17.4 Å². The van der Waals surface area contributed by atoms with Crippen LogP contribution in [0.5, 0.6) is 11.5 Å². The molecular formula is C45H48F2N10O5S. The molecule has 10 rings (SSSR count). The molecule has 3 aromatic carbocycles. The summed E-state index contributed by atoms with van der Waals surface area (Å²) in [5, 5.41) is 17.7. The second-order valence-electron chi connectivity index (χ2n) is 17.5. The van der Waals surface area contributed by atoms with Crippen molar-refractivity contribution in [3.8, 4) is 17.6 Å². The summed E-state index contributed by atoms with van der Waals surface area (Å²) in [6.07, 6.45) is 9.92. The molecule has 1 unspecified atom stereocenters. The molecule has 1 spiro atoms. The summed E-state index contributed by atoms with van der Waals surface area (Å²) in [6, 6.07) is 12.7. The Labute approximate surface area is 366 Å². The molecular weight excluding hydrogens is 831 g/mol. The van der Waals surface area contributed by atoms with Crippen LogP contribution in [0.4, 0.5) is 25.1 Å². The molecule has 6 heterocycles. The van der Waals surface area contributed by atoms with Gasteiger partial charge < -0.3 is 19.1 Å². The summed E-state index contributed by atoms with van der Waals surface area (Å²) in [7, 11) is 1.78. The number of carbonyl (C=O) groups excluding carboxylic acids is 2. The number of imide groups is 1. The molecule has 1 aliphatic carbocycles. The number of nitriles is 1. The van der Waals surface area contributed by atoms with Gasteiger partial charge in [0.25, 0.3) is 5.56 Å². The van der Waals surface area contributed by atoms with Crippen molar-refractivity contribution in [2.45, 2.75) is 87.8 Å². The van der Waals surface area contributed by atoms with E-state index < -0.39 is 11.8 Å². The van der Waals surface area contributed by atoms with Gasteiger partial charge in [0.1, 0.15) is 23.2 Å². The smallest absolute Gasteiger partial charge is 0.329 e. The number of rotatable bonds is 9. The maximum absolute atomic E-state index is 15.8. The third-order valence-electron chi connectivity index (χ3n) is 13.7. The van der Waals surface area contributed by atoms with Crippen LogP contribution in [0, 0.1) is 23.0 Å². The number of fused-ring (bicyclic) bond motifs is 2. The van der Waals surface area contributed by atoms with Gasteiger partial charge in [0.2, 0.25) is 5.91 Å². The zero-order valence-electron chi connectivity index (χ0n) is 34.9. The zero-order valence-corrected chi connectivity index (χ0v) is 35.8. The van der Waals surface area contributed by atoms with Crippen LogP contribution in [-0.4, -0.2) is 91.4 Å². The van der Waals surface area contributed by atoms with Crippen LogP contribution in [0.2, 0.25) is 0 Å². The van der Waals surface area contributed by atoms with Crippen molar-refractivity contribution in [3.63, 3.8) is 0 Å². The first-order chi connectivity index (χ1) is 30.6. The normalized spacial score (nSPS) is 23.1. The van der Waals surface area contributed by atoms with E-state index in [9.17, 15) is 19.6 Å². The van der Waals surface area contributed by atoms with Crippen LogP contribution in [0.1, 0.15) is 87.3 Å². The number of nitrogens with one attached hydrogen (secondary N) is 2. The highest BCUT2D eigenvalue weighted by molar-refractivity contribution is 7.98. The van der Waals surface area contributed by atoms with E-state index in [-0.39, 0.29) is 64.9 Å². The molecule has 2 aromatic heterocycles. The lowest BCUT2D eigenvalue weighted by Crippen LogP contribution is -2.49. The number of piperidine rings is 1. The van der Waals surface area contributed by atoms with Gasteiger partial charge in [0.05, 0.1) is 46.7 Å². The molecule has 1 saturated carbocycles. The summed E-state index contributed by atoms with van der Waals surface area (Å²) >= 11 is 1.39. The zero-order chi connectivity index (χ0) is 43.4. The topological polar surface area (TPSA) is 163 Å². The Morgan fingerprint density at radius 1 is 0.952 bits per heavy atom. The number of amides is 3. The number of likely N-dealkylation sites (tertiary alicyclic amines) is 1. The largest absolute Gasteiger partial charge is 0.453 e. The van der Waals surface area contributed by atoms with Crippen molar-refractivity contribution >= 4 is 57.4 Å². The maximum atomic E-state index is 15.8.